The minimum atomic E-state index is -3.74. The molecule has 174 valence electrons. The van der Waals surface area contributed by atoms with Crippen molar-refractivity contribution in [2.75, 3.05) is 24.4 Å². The molecular weight excluding hydrogens is 452 g/mol. The fraction of sp³-hybridized carbons (Fsp3) is 0.238. The van der Waals surface area contributed by atoms with Crippen molar-refractivity contribution in [1.82, 2.24) is 4.72 Å². The molecule has 3 rings (SSSR count). The molecule has 1 aliphatic heterocycles. The first-order chi connectivity index (χ1) is 15.6. The highest BCUT2D eigenvalue weighted by Gasteiger charge is 2.31. The third kappa shape index (κ3) is 5.66. The van der Waals surface area contributed by atoms with Gasteiger partial charge in [0.15, 0.2) is 6.61 Å². The number of amides is 2. The van der Waals surface area contributed by atoms with Crippen molar-refractivity contribution in [2.45, 2.75) is 24.8 Å². The van der Waals surface area contributed by atoms with Gasteiger partial charge in [-0.15, -0.1) is 0 Å². The summed E-state index contributed by atoms with van der Waals surface area (Å²) in [6.45, 7) is 2.16. The zero-order chi connectivity index (χ0) is 24.2. The van der Waals surface area contributed by atoms with Gasteiger partial charge in [0.05, 0.1) is 17.7 Å². The number of amidine groups is 1. The zero-order valence-electron chi connectivity index (χ0n) is 18.0. The summed E-state index contributed by atoms with van der Waals surface area (Å²) in [5.41, 5.74) is 1.07. The lowest BCUT2D eigenvalue weighted by Crippen LogP contribution is -2.29. The van der Waals surface area contributed by atoms with Crippen LogP contribution in [0.3, 0.4) is 0 Å². The number of sulfonamides is 1. The number of benzene rings is 2. The van der Waals surface area contributed by atoms with Crippen LogP contribution in [0.2, 0.25) is 0 Å². The van der Waals surface area contributed by atoms with E-state index in [4.69, 9.17) is 9.47 Å². The average molecular weight is 474 g/mol. The van der Waals surface area contributed by atoms with Crippen molar-refractivity contribution >= 4 is 45.0 Å². The summed E-state index contributed by atoms with van der Waals surface area (Å²) in [7, 11) is -2.32. The number of anilines is 2. The number of nitrogens with one attached hydrogen (secondary N) is 3. The topological polar surface area (TPSA) is 152 Å². The Morgan fingerprint density at radius 1 is 1.12 bits per heavy atom. The molecule has 0 fully saturated rings. The molecule has 3 N–H and O–H groups in total. The Balaban J connectivity index is 1.63. The number of rotatable bonds is 7. The molecule has 1 heterocycles. The molecule has 2 aromatic rings. The Morgan fingerprint density at radius 2 is 1.85 bits per heavy atom. The molecule has 1 aliphatic rings. The van der Waals surface area contributed by atoms with Crippen LogP contribution in [0.1, 0.15) is 19.4 Å². The van der Waals surface area contributed by atoms with Crippen molar-refractivity contribution in [3.05, 3.63) is 48.0 Å². The van der Waals surface area contributed by atoms with E-state index < -0.39 is 34.5 Å². The smallest absolute Gasteiger partial charge is 0.331 e. The predicted molar refractivity (Wildman–Crippen MR) is 120 cm³/mol. The van der Waals surface area contributed by atoms with Crippen LogP contribution in [0.4, 0.5) is 11.4 Å². The van der Waals surface area contributed by atoms with E-state index in [2.05, 4.69) is 20.3 Å². The molecule has 2 amide bonds. The van der Waals surface area contributed by atoms with Gasteiger partial charge in [-0.3, -0.25) is 19.3 Å². The van der Waals surface area contributed by atoms with E-state index in [0.29, 0.717) is 17.0 Å². The van der Waals surface area contributed by atoms with Gasteiger partial charge in [0.2, 0.25) is 5.91 Å². The number of hydrogen-bond acceptors (Lipinski definition) is 8. The number of methoxy groups -OCH3 is 1. The van der Waals surface area contributed by atoms with Crippen LogP contribution >= 0.6 is 0 Å². The normalized spacial score (nSPS) is 15.7. The van der Waals surface area contributed by atoms with Gasteiger partial charge in [-0.05, 0) is 37.3 Å². The molecule has 0 saturated heterocycles. The number of ether oxygens (including phenoxy) is 2. The Bertz CT molecular complexity index is 1240. The first-order valence-corrected chi connectivity index (χ1v) is 11.2. The van der Waals surface area contributed by atoms with Crippen LogP contribution in [0.25, 0.3) is 0 Å². The lowest BCUT2D eigenvalue weighted by Gasteiger charge is -2.13. The molecule has 0 bridgehead atoms. The predicted octanol–water partition coefficient (Wildman–Crippen LogP) is 1.26. The summed E-state index contributed by atoms with van der Waals surface area (Å²) in [6.07, 6.45) is 0. The van der Waals surface area contributed by atoms with Gasteiger partial charge in [-0.1, -0.05) is 12.1 Å². The van der Waals surface area contributed by atoms with E-state index in [9.17, 15) is 22.8 Å². The minimum absolute atomic E-state index is 0.0269. The summed E-state index contributed by atoms with van der Waals surface area (Å²) in [5.74, 6) is -1.38. The molecule has 0 spiro atoms. The summed E-state index contributed by atoms with van der Waals surface area (Å²) in [6, 6.07) is 9.83. The van der Waals surface area contributed by atoms with E-state index in [1.165, 1.54) is 33.1 Å². The fourth-order valence-corrected chi connectivity index (χ4v) is 4.25. The standard InChI is InChI=1S/C21H22N4O7S/c1-12(22-20-15-6-4-5-7-18(15)33(29,30)25-20)21(28)32-11-19(27)24-16-10-14(23-13(2)26)8-9-17(16)31-3/h4-10,12H,11H2,1-3H3,(H,22,25)(H,23,26)(H,24,27)/t12-/m0/s1. The maximum atomic E-state index is 12.3. The SMILES string of the molecule is COc1ccc(NC(C)=O)cc1NC(=O)COC(=O)[C@H](C)N=C1NS(=O)(=O)c2ccccc21. The maximum Gasteiger partial charge on any atom is 0.331 e. The van der Waals surface area contributed by atoms with Gasteiger partial charge in [-0.2, -0.15) is 0 Å². The Morgan fingerprint density at radius 3 is 2.55 bits per heavy atom. The molecule has 0 radical (unpaired) electrons. The van der Waals surface area contributed by atoms with Gasteiger partial charge in [0.1, 0.15) is 17.6 Å². The minimum Gasteiger partial charge on any atom is -0.495 e. The lowest BCUT2D eigenvalue weighted by atomic mass is 10.2. The molecule has 0 aliphatic carbocycles. The van der Waals surface area contributed by atoms with E-state index in [-0.39, 0.29) is 22.3 Å². The first kappa shape index (κ1) is 23.7. The van der Waals surface area contributed by atoms with Crippen LogP contribution in [0, 0.1) is 0 Å². The number of hydrogen-bond donors (Lipinski definition) is 3. The van der Waals surface area contributed by atoms with Gasteiger partial charge in [0, 0.05) is 18.2 Å². The largest absolute Gasteiger partial charge is 0.495 e. The highest BCUT2D eigenvalue weighted by Crippen LogP contribution is 2.28. The summed E-state index contributed by atoms with van der Waals surface area (Å²) in [5, 5.41) is 5.13. The van der Waals surface area contributed by atoms with Crippen molar-refractivity contribution in [2.24, 2.45) is 4.99 Å². The number of carbonyl (C=O) groups excluding carboxylic acids is 3. The fourth-order valence-electron chi connectivity index (χ4n) is 3.01. The average Bonchev–Trinajstić information content (AvgIpc) is 3.02. The molecule has 33 heavy (non-hydrogen) atoms. The van der Waals surface area contributed by atoms with Crippen molar-refractivity contribution < 1.29 is 32.3 Å². The van der Waals surface area contributed by atoms with Gasteiger partial charge < -0.3 is 20.1 Å². The Hall–Kier alpha value is -3.93. The van der Waals surface area contributed by atoms with E-state index in [1.54, 1.807) is 30.3 Å². The molecule has 11 nitrogen and oxygen atoms in total. The third-order valence-corrected chi connectivity index (χ3v) is 5.86. The number of carbonyl (C=O) groups is 3. The molecule has 0 saturated carbocycles. The molecular formula is C21H22N4O7S. The number of nitrogens with zero attached hydrogens (tertiary/aromatic N) is 1. The number of aliphatic imine (C=N–C) groups is 1. The molecule has 1 atom stereocenters. The zero-order valence-corrected chi connectivity index (χ0v) is 18.9. The molecule has 12 heteroatoms. The van der Waals surface area contributed by atoms with Crippen LogP contribution in [-0.4, -0.2) is 51.8 Å². The summed E-state index contributed by atoms with van der Waals surface area (Å²) < 4.78 is 36.8. The highest BCUT2D eigenvalue weighted by atomic mass is 32.2. The molecule has 2 aromatic carbocycles. The van der Waals surface area contributed by atoms with Crippen molar-refractivity contribution in [1.29, 1.82) is 0 Å². The van der Waals surface area contributed by atoms with Gasteiger partial charge in [-0.25, -0.2) is 13.2 Å². The Labute approximate surface area is 190 Å². The van der Waals surface area contributed by atoms with Gasteiger partial charge in [0.25, 0.3) is 15.9 Å². The van der Waals surface area contributed by atoms with E-state index >= 15 is 0 Å². The van der Waals surface area contributed by atoms with Crippen molar-refractivity contribution in [3.8, 4) is 5.75 Å². The monoisotopic (exact) mass is 474 g/mol. The second kappa shape index (κ2) is 9.69. The number of esters is 1. The number of fused-ring (bicyclic) bond motifs is 1. The molecule has 0 aromatic heterocycles. The lowest BCUT2D eigenvalue weighted by molar-refractivity contribution is -0.148. The quantitative estimate of drug-likeness (QED) is 0.511. The van der Waals surface area contributed by atoms with E-state index in [0.717, 1.165) is 0 Å². The third-order valence-electron chi connectivity index (χ3n) is 4.47. The summed E-state index contributed by atoms with van der Waals surface area (Å²) >= 11 is 0. The summed E-state index contributed by atoms with van der Waals surface area (Å²) in [4.78, 5) is 40.0. The Kier molecular flexibility index (Phi) is 6.97. The van der Waals surface area contributed by atoms with E-state index in [1.807, 2.05) is 0 Å². The first-order valence-electron chi connectivity index (χ1n) is 9.73. The van der Waals surface area contributed by atoms with Crippen LogP contribution in [0.15, 0.2) is 52.4 Å². The highest BCUT2D eigenvalue weighted by molar-refractivity contribution is 7.90. The van der Waals surface area contributed by atoms with Crippen LogP contribution in [-0.2, 0) is 29.1 Å². The second-order valence-corrected chi connectivity index (χ2v) is 8.66. The van der Waals surface area contributed by atoms with Crippen LogP contribution < -0.4 is 20.1 Å². The van der Waals surface area contributed by atoms with Crippen molar-refractivity contribution in [3.63, 3.8) is 0 Å². The second-order valence-electron chi connectivity index (χ2n) is 7.01. The van der Waals surface area contributed by atoms with Gasteiger partial charge >= 0.3 is 5.97 Å². The maximum absolute atomic E-state index is 12.3. The van der Waals surface area contributed by atoms with Crippen LogP contribution in [0.5, 0.6) is 5.75 Å². The molecule has 0 unspecified atom stereocenters.